The molecular formula is C10H13NO3. The fraction of sp³-hybridized carbons (Fsp3) is 0.400. The third kappa shape index (κ3) is 1.28. The summed E-state index contributed by atoms with van der Waals surface area (Å²) >= 11 is 0. The topological polar surface area (TPSA) is 53.7 Å². The van der Waals surface area contributed by atoms with Crippen LogP contribution in [0.4, 0.5) is 0 Å². The van der Waals surface area contributed by atoms with Crippen molar-refractivity contribution in [1.29, 1.82) is 0 Å². The first-order valence-corrected chi connectivity index (χ1v) is 4.46. The van der Waals surface area contributed by atoms with Gasteiger partial charge in [-0.3, -0.25) is 0 Å². The van der Waals surface area contributed by atoms with Crippen LogP contribution in [0, 0.1) is 0 Å². The molecule has 1 aliphatic rings. The summed E-state index contributed by atoms with van der Waals surface area (Å²) in [5, 5.41) is 0. The molecule has 0 amide bonds. The van der Waals surface area contributed by atoms with Crippen molar-refractivity contribution in [3.8, 4) is 17.2 Å². The molecule has 0 aliphatic carbocycles. The summed E-state index contributed by atoms with van der Waals surface area (Å²) in [6.07, 6.45) is 0. The molecule has 4 heteroatoms. The first-order chi connectivity index (χ1) is 6.74. The van der Waals surface area contributed by atoms with Gasteiger partial charge < -0.3 is 19.9 Å². The van der Waals surface area contributed by atoms with Crippen molar-refractivity contribution >= 4 is 0 Å². The van der Waals surface area contributed by atoms with Gasteiger partial charge in [0.05, 0.1) is 7.11 Å². The molecule has 0 saturated carbocycles. The molecule has 0 saturated heterocycles. The van der Waals surface area contributed by atoms with Gasteiger partial charge in [0.15, 0.2) is 11.5 Å². The Morgan fingerprint density at radius 2 is 2.21 bits per heavy atom. The maximum atomic E-state index is 5.81. The molecule has 1 aromatic rings. The standard InChI is InChI=1S/C10H13NO3/c1-6(11)7-3-4-8-10(9(7)12-2)14-5-13-8/h3-4,6H,5,11H2,1-2H3. The number of hydrogen-bond donors (Lipinski definition) is 1. The third-order valence-corrected chi connectivity index (χ3v) is 2.22. The predicted molar refractivity (Wildman–Crippen MR) is 51.7 cm³/mol. The van der Waals surface area contributed by atoms with Crippen LogP contribution in [0.5, 0.6) is 17.2 Å². The van der Waals surface area contributed by atoms with Gasteiger partial charge in [0.1, 0.15) is 0 Å². The van der Waals surface area contributed by atoms with E-state index < -0.39 is 0 Å². The molecule has 1 atom stereocenters. The zero-order valence-corrected chi connectivity index (χ0v) is 8.24. The molecule has 4 nitrogen and oxygen atoms in total. The molecule has 1 aromatic carbocycles. The molecule has 1 unspecified atom stereocenters. The molecule has 2 rings (SSSR count). The smallest absolute Gasteiger partial charge is 0.231 e. The zero-order valence-electron chi connectivity index (χ0n) is 8.24. The summed E-state index contributed by atoms with van der Waals surface area (Å²) in [7, 11) is 1.60. The lowest BCUT2D eigenvalue weighted by Crippen LogP contribution is -2.07. The largest absolute Gasteiger partial charge is 0.492 e. The zero-order chi connectivity index (χ0) is 10.1. The van der Waals surface area contributed by atoms with Crippen molar-refractivity contribution in [3.05, 3.63) is 17.7 Å². The van der Waals surface area contributed by atoms with E-state index >= 15 is 0 Å². The minimum Gasteiger partial charge on any atom is -0.492 e. The molecule has 1 heterocycles. The van der Waals surface area contributed by atoms with E-state index in [0.29, 0.717) is 17.2 Å². The van der Waals surface area contributed by atoms with E-state index in [4.69, 9.17) is 19.9 Å². The van der Waals surface area contributed by atoms with Gasteiger partial charge in [-0.15, -0.1) is 0 Å². The van der Waals surface area contributed by atoms with Crippen LogP contribution in [0.2, 0.25) is 0 Å². The van der Waals surface area contributed by atoms with Gasteiger partial charge in [0.25, 0.3) is 0 Å². The Balaban J connectivity index is 2.54. The van der Waals surface area contributed by atoms with Crippen LogP contribution in [0.15, 0.2) is 12.1 Å². The highest BCUT2D eigenvalue weighted by atomic mass is 16.7. The first kappa shape index (κ1) is 9.15. The Labute approximate surface area is 82.6 Å². The van der Waals surface area contributed by atoms with Crippen molar-refractivity contribution in [3.63, 3.8) is 0 Å². The van der Waals surface area contributed by atoms with E-state index in [0.717, 1.165) is 5.56 Å². The molecule has 0 fully saturated rings. The third-order valence-electron chi connectivity index (χ3n) is 2.22. The van der Waals surface area contributed by atoms with Gasteiger partial charge in [-0.05, 0) is 19.1 Å². The van der Waals surface area contributed by atoms with Crippen molar-refractivity contribution in [2.24, 2.45) is 5.73 Å². The highest BCUT2D eigenvalue weighted by Gasteiger charge is 2.22. The number of rotatable bonds is 2. The molecule has 2 N–H and O–H groups in total. The summed E-state index contributed by atoms with van der Waals surface area (Å²) in [5.74, 6) is 2.04. The molecule has 0 aromatic heterocycles. The SMILES string of the molecule is COc1c(C(C)N)ccc2c1OCO2. The fourth-order valence-corrected chi connectivity index (χ4v) is 1.53. The van der Waals surface area contributed by atoms with Gasteiger partial charge in [0, 0.05) is 11.6 Å². The number of ether oxygens (including phenoxy) is 3. The van der Waals surface area contributed by atoms with Crippen LogP contribution in [-0.4, -0.2) is 13.9 Å². The fourth-order valence-electron chi connectivity index (χ4n) is 1.53. The highest BCUT2D eigenvalue weighted by Crippen LogP contribution is 2.44. The van der Waals surface area contributed by atoms with Crippen LogP contribution >= 0.6 is 0 Å². The summed E-state index contributed by atoms with van der Waals surface area (Å²) in [5.41, 5.74) is 6.74. The lowest BCUT2D eigenvalue weighted by molar-refractivity contribution is 0.171. The molecule has 76 valence electrons. The second-order valence-electron chi connectivity index (χ2n) is 3.21. The van der Waals surface area contributed by atoms with E-state index in [1.807, 2.05) is 19.1 Å². The van der Waals surface area contributed by atoms with E-state index in [-0.39, 0.29) is 12.8 Å². The van der Waals surface area contributed by atoms with Crippen molar-refractivity contribution in [2.75, 3.05) is 13.9 Å². The Hall–Kier alpha value is -1.42. The average molecular weight is 195 g/mol. The number of benzene rings is 1. The molecule has 0 bridgehead atoms. The highest BCUT2D eigenvalue weighted by molar-refractivity contribution is 5.57. The minimum absolute atomic E-state index is 0.0838. The molecule has 1 aliphatic heterocycles. The minimum atomic E-state index is -0.0838. The second-order valence-corrected chi connectivity index (χ2v) is 3.21. The maximum absolute atomic E-state index is 5.81. The van der Waals surface area contributed by atoms with Crippen molar-refractivity contribution < 1.29 is 14.2 Å². The average Bonchev–Trinajstić information content (AvgIpc) is 2.63. The van der Waals surface area contributed by atoms with Gasteiger partial charge in [-0.25, -0.2) is 0 Å². The lowest BCUT2D eigenvalue weighted by Gasteiger charge is -2.13. The summed E-state index contributed by atoms with van der Waals surface area (Å²) in [6, 6.07) is 3.67. The maximum Gasteiger partial charge on any atom is 0.231 e. The Kier molecular flexibility index (Phi) is 2.21. The number of fused-ring (bicyclic) bond motifs is 1. The van der Waals surface area contributed by atoms with Gasteiger partial charge in [-0.2, -0.15) is 0 Å². The molecular weight excluding hydrogens is 182 g/mol. The van der Waals surface area contributed by atoms with Crippen molar-refractivity contribution in [1.82, 2.24) is 0 Å². The monoisotopic (exact) mass is 195 g/mol. The predicted octanol–water partition coefficient (Wildman–Crippen LogP) is 1.44. The van der Waals surface area contributed by atoms with Crippen LogP contribution in [0.1, 0.15) is 18.5 Å². The normalized spacial score (nSPS) is 15.4. The number of hydrogen-bond acceptors (Lipinski definition) is 4. The summed E-state index contributed by atoms with van der Waals surface area (Å²) in [4.78, 5) is 0. The molecule has 0 spiro atoms. The molecule has 14 heavy (non-hydrogen) atoms. The Morgan fingerprint density at radius 3 is 2.86 bits per heavy atom. The van der Waals surface area contributed by atoms with Crippen LogP contribution in [-0.2, 0) is 0 Å². The van der Waals surface area contributed by atoms with Gasteiger partial charge in [0.2, 0.25) is 12.5 Å². The Bertz CT molecular complexity index is 349. The van der Waals surface area contributed by atoms with Gasteiger partial charge >= 0.3 is 0 Å². The van der Waals surface area contributed by atoms with Crippen molar-refractivity contribution in [2.45, 2.75) is 13.0 Å². The van der Waals surface area contributed by atoms with E-state index in [9.17, 15) is 0 Å². The molecule has 0 radical (unpaired) electrons. The summed E-state index contributed by atoms with van der Waals surface area (Å²) < 4.78 is 15.8. The van der Waals surface area contributed by atoms with Gasteiger partial charge in [-0.1, -0.05) is 0 Å². The van der Waals surface area contributed by atoms with E-state index in [1.54, 1.807) is 7.11 Å². The number of methoxy groups -OCH3 is 1. The van der Waals surface area contributed by atoms with Crippen LogP contribution < -0.4 is 19.9 Å². The summed E-state index contributed by atoms with van der Waals surface area (Å²) in [6.45, 7) is 2.15. The first-order valence-electron chi connectivity index (χ1n) is 4.46. The van der Waals surface area contributed by atoms with E-state index in [2.05, 4.69) is 0 Å². The number of nitrogens with two attached hydrogens (primary N) is 1. The van der Waals surface area contributed by atoms with Crippen LogP contribution in [0.25, 0.3) is 0 Å². The van der Waals surface area contributed by atoms with Crippen LogP contribution in [0.3, 0.4) is 0 Å². The van der Waals surface area contributed by atoms with E-state index in [1.165, 1.54) is 0 Å². The second kappa shape index (κ2) is 3.38. The lowest BCUT2D eigenvalue weighted by atomic mass is 10.1. The quantitative estimate of drug-likeness (QED) is 0.775. The Morgan fingerprint density at radius 1 is 1.43 bits per heavy atom.